The fourth-order valence-corrected chi connectivity index (χ4v) is 2.39. The van der Waals surface area contributed by atoms with E-state index in [0.29, 0.717) is 6.54 Å². The van der Waals surface area contributed by atoms with E-state index in [1.807, 2.05) is 13.8 Å². The zero-order valence-corrected chi connectivity index (χ0v) is 13.2. The summed E-state index contributed by atoms with van der Waals surface area (Å²) in [5, 5.41) is 6.00. The molecule has 0 radical (unpaired) electrons. The molecular formula is C12H22ClN3O2S. The van der Waals surface area contributed by atoms with Gasteiger partial charge in [0.1, 0.15) is 6.54 Å². The van der Waals surface area contributed by atoms with Crippen LogP contribution >= 0.6 is 23.7 Å². The zero-order chi connectivity index (χ0) is 13.5. The van der Waals surface area contributed by atoms with E-state index in [0.717, 1.165) is 30.1 Å². The first-order valence-corrected chi connectivity index (χ1v) is 7.02. The molecule has 7 heteroatoms. The summed E-state index contributed by atoms with van der Waals surface area (Å²) in [6, 6.07) is 0. The van der Waals surface area contributed by atoms with Gasteiger partial charge in [0.25, 0.3) is 0 Å². The first-order chi connectivity index (χ1) is 8.56. The molecule has 0 aliphatic heterocycles. The molecule has 0 fully saturated rings. The number of thiazole rings is 1. The fourth-order valence-electron chi connectivity index (χ4n) is 1.56. The molecule has 19 heavy (non-hydrogen) atoms. The Hall–Kier alpha value is -0.850. The van der Waals surface area contributed by atoms with Gasteiger partial charge in [-0.3, -0.25) is 14.2 Å². The summed E-state index contributed by atoms with van der Waals surface area (Å²) < 4.78 is 1.52. The normalized spacial score (nSPS) is 10.1. The molecule has 1 aromatic heterocycles. The van der Waals surface area contributed by atoms with Gasteiger partial charge in [0.2, 0.25) is 5.91 Å². The van der Waals surface area contributed by atoms with Crippen molar-refractivity contribution in [3.8, 4) is 0 Å². The summed E-state index contributed by atoms with van der Waals surface area (Å²) >= 11 is 1.19. The Bertz CT molecular complexity index is 456. The molecule has 0 saturated heterocycles. The Morgan fingerprint density at radius 1 is 1.26 bits per heavy atom. The van der Waals surface area contributed by atoms with E-state index in [1.165, 1.54) is 15.9 Å². The van der Waals surface area contributed by atoms with Crippen LogP contribution in [0.3, 0.4) is 0 Å². The monoisotopic (exact) mass is 307 g/mol. The molecule has 0 unspecified atom stereocenters. The van der Waals surface area contributed by atoms with Gasteiger partial charge >= 0.3 is 4.87 Å². The number of nitrogens with one attached hydrogen (secondary N) is 2. The minimum atomic E-state index is -0.115. The summed E-state index contributed by atoms with van der Waals surface area (Å²) in [7, 11) is 0. The molecule has 5 nitrogen and oxygen atoms in total. The number of halogens is 1. The standard InChI is InChI=1S/C12H21N3O2S.ClH/c1-4-5-13-6-7-14-11(16)8-15-9(2)10(3)18-12(15)17;/h13H,4-8H2,1-3H3,(H,14,16);1H. The van der Waals surface area contributed by atoms with Crippen LogP contribution in [0.25, 0.3) is 0 Å². The van der Waals surface area contributed by atoms with E-state index in [2.05, 4.69) is 17.6 Å². The van der Waals surface area contributed by atoms with Gasteiger partial charge in [0.15, 0.2) is 0 Å². The maximum absolute atomic E-state index is 11.7. The van der Waals surface area contributed by atoms with Gasteiger partial charge in [-0.25, -0.2) is 0 Å². The van der Waals surface area contributed by atoms with Crippen LogP contribution in [-0.2, 0) is 11.3 Å². The van der Waals surface area contributed by atoms with Crippen molar-refractivity contribution in [2.24, 2.45) is 0 Å². The highest BCUT2D eigenvalue weighted by atomic mass is 35.5. The largest absolute Gasteiger partial charge is 0.353 e. The third-order valence-electron chi connectivity index (χ3n) is 2.73. The number of hydrogen-bond donors (Lipinski definition) is 2. The van der Waals surface area contributed by atoms with Crippen LogP contribution < -0.4 is 15.5 Å². The Labute approximate surface area is 123 Å². The minimum absolute atomic E-state index is 0. The lowest BCUT2D eigenvalue weighted by Crippen LogP contribution is -2.35. The number of aryl methyl sites for hydroxylation is 1. The molecule has 0 atom stereocenters. The molecule has 0 spiro atoms. The summed E-state index contributed by atoms with van der Waals surface area (Å²) in [6.07, 6.45) is 1.08. The van der Waals surface area contributed by atoms with Crippen LogP contribution in [0.5, 0.6) is 0 Å². The van der Waals surface area contributed by atoms with Crippen molar-refractivity contribution >= 4 is 29.7 Å². The van der Waals surface area contributed by atoms with Crippen LogP contribution in [0.1, 0.15) is 23.9 Å². The molecule has 2 N–H and O–H groups in total. The summed E-state index contributed by atoms with van der Waals surface area (Å²) in [5.74, 6) is -0.115. The average molecular weight is 308 g/mol. The Kier molecular flexibility index (Phi) is 8.71. The molecule has 0 aliphatic carbocycles. The second-order valence-corrected chi connectivity index (χ2v) is 5.36. The molecule has 1 heterocycles. The maximum atomic E-state index is 11.7. The summed E-state index contributed by atoms with van der Waals surface area (Å²) in [4.78, 5) is 24.2. The number of carbonyl (C=O) groups is 1. The quantitative estimate of drug-likeness (QED) is 0.741. The van der Waals surface area contributed by atoms with Crippen LogP contribution in [0, 0.1) is 13.8 Å². The predicted molar refractivity (Wildman–Crippen MR) is 81.5 cm³/mol. The molecule has 1 rings (SSSR count). The molecular weight excluding hydrogens is 286 g/mol. The Morgan fingerprint density at radius 2 is 1.95 bits per heavy atom. The smallest absolute Gasteiger partial charge is 0.308 e. The van der Waals surface area contributed by atoms with Crippen molar-refractivity contribution in [3.05, 3.63) is 20.2 Å². The Balaban J connectivity index is 0.00000324. The van der Waals surface area contributed by atoms with Crippen molar-refractivity contribution in [1.82, 2.24) is 15.2 Å². The molecule has 0 saturated carbocycles. The molecule has 1 aromatic rings. The van der Waals surface area contributed by atoms with E-state index >= 15 is 0 Å². The van der Waals surface area contributed by atoms with Crippen molar-refractivity contribution < 1.29 is 4.79 Å². The second-order valence-electron chi connectivity index (χ2n) is 4.20. The van der Waals surface area contributed by atoms with Gasteiger partial charge in [-0.15, -0.1) is 12.4 Å². The van der Waals surface area contributed by atoms with E-state index in [-0.39, 0.29) is 29.7 Å². The lowest BCUT2D eigenvalue weighted by atomic mass is 10.4. The predicted octanol–water partition coefficient (Wildman–Crippen LogP) is 1.06. The highest BCUT2D eigenvalue weighted by Crippen LogP contribution is 2.08. The van der Waals surface area contributed by atoms with Crippen molar-refractivity contribution in [3.63, 3.8) is 0 Å². The molecule has 0 aromatic carbocycles. The SMILES string of the molecule is CCCNCCNC(=O)Cn1c(C)c(C)sc1=O.Cl. The van der Waals surface area contributed by atoms with Gasteiger partial charge in [-0.05, 0) is 26.8 Å². The first kappa shape index (κ1) is 18.1. The van der Waals surface area contributed by atoms with Crippen LogP contribution in [-0.4, -0.2) is 30.1 Å². The number of hydrogen-bond acceptors (Lipinski definition) is 4. The number of aromatic nitrogens is 1. The highest BCUT2D eigenvalue weighted by Gasteiger charge is 2.10. The minimum Gasteiger partial charge on any atom is -0.353 e. The van der Waals surface area contributed by atoms with Crippen molar-refractivity contribution in [1.29, 1.82) is 0 Å². The summed E-state index contributed by atoms with van der Waals surface area (Å²) in [6.45, 7) is 8.28. The summed E-state index contributed by atoms with van der Waals surface area (Å²) in [5.41, 5.74) is 0.879. The number of carbonyl (C=O) groups excluding carboxylic acids is 1. The highest BCUT2D eigenvalue weighted by molar-refractivity contribution is 7.09. The molecule has 0 aliphatic rings. The van der Waals surface area contributed by atoms with E-state index in [1.54, 1.807) is 0 Å². The fraction of sp³-hybridized carbons (Fsp3) is 0.667. The molecule has 1 amide bonds. The number of amides is 1. The van der Waals surface area contributed by atoms with Gasteiger partial charge in [-0.1, -0.05) is 18.3 Å². The second kappa shape index (κ2) is 9.12. The molecule has 110 valence electrons. The topological polar surface area (TPSA) is 63.1 Å². The van der Waals surface area contributed by atoms with Gasteiger partial charge in [0, 0.05) is 23.7 Å². The number of nitrogens with zero attached hydrogens (tertiary/aromatic N) is 1. The van der Waals surface area contributed by atoms with Gasteiger partial charge in [-0.2, -0.15) is 0 Å². The number of rotatable bonds is 7. The lowest BCUT2D eigenvalue weighted by Gasteiger charge is -2.07. The average Bonchev–Trinajstić information content (AvgIpc) is 2.56. The molecule has 0 bridgehead atoms. The first-order valence-electron chi connectivity index (χ1n) is 6.20. The lowest BCUT2D eigenvalue weighted by molar-refractivity contribution is -0.121. The van der Waals surface area contributed by atoms with E-state index < -0.39 is 0 Å². The zero-order valence-electron chi connectivity index (χ0n) is 11.6. The van der Waals surface area contributed by atoms with Crippen LogP contribution in [0.2, 0.25) is 0 Å². The Morgan fingerprint density at radius 3 is 2.47 bits per heavy atom. The van der Waals surface area contributed by atoms with E-state index in [9.17, 15) is 9.59 Å². The third-order valence-corrected chi connectivity index (χ3v) is 3.72. The van der Waals surface area contributed by atoms with Crippen molar-refractivity contribution in [2.75, 3.05) is 19.6 Å². The van der Waals surface area contributed by atoms with E-state index in [4.69, 9.17) is 0 Å². The van der Waals surface area contributed by atoms with Crippen LogP contribution in [0.4, 0.5) is 0 Å². The van der Waals surface area contributed by atoms with Gasteiger partial charge < -0.3 is 10.6 Å². The van der Waals surface area contributed by atoms with Crippen LogP contribution in [0.15, 0.2) is 4.79 Å². The maximum Gasteiger partial charge on any atom is 0.308 e. The third kappa shape index (κ3) is 5.76. The van der Waals surface area contributed by atoms with Gasteiger partial charge in [0.05, 0.1) is 0 Å². The van der Waals surface area contributed by atoms with Crippen molar-refractivity contribution in [2.45, 2.75) is 33.7 Å².